The average molecular weight is 318 g/mol. The van der Waals surface area contributed by atoms with Crippen molar-refractivity contribution in [2.75, 3.05) is 7.11 Å². The topological polar surface area (TPSA) is 46.5 Å². The molecule has 128 valence electrons. The van der Waals surface area contributed by atoms with Crippen molar-refractivity contribution in [1.82, 2.24) is 0 Å². The molecule has 0 aliphatic heterocycles. The van der Waals surface area contributed by atoms with Gasteiger partial charge >= 0.3 is 5.97 Å². The molecule has 0 saturated heterocycles. The van der Waals surface area contributed by atoms with Crippen molar-refractivity contribution in [3.05, 3.63) is 34.9 Å². The molecule has 3 nitrogen and oxygen atoms in total. The lowest BCUT2D eigenvalue weighted by Crippen LogP contribution is -2.19. The zero-order valence-electron chi connectivity index (χ0n) is 15.7. The van der Waals surface area contributed by atoms with Crippen LogP contribution >= 0.6 is 0 Å². The fourth-order valence-corrected chi connectivity index (χ4v) is 2.55. The number of hydrogen-bond acceptors (Lipinski definition) is 2. The Labute approximate surface area is 140 Å². The van der Waals surface area contributed by atoms with Gasteiger partial charge in [0.15, 0.2) is 0 Å². The summed E-state index contributed by atoms with van der Waals surface area (Å²) in [7, 11) is 1.71. The second kappa shape index (κ2) is 6.77. The van der Waals surface area contributed by atoms with Crippen molar-refractivity contribution >= 4 is 11.5 Å². The highest BCUT2D eigenvalue weighted by Crippen LogP contribution is 2.41. The van der Waals surface area contributed by atoms with E-state index in [1.54, 1.807) is 13.2 Å². The number of carboxylic acid groups (broad SMARTS) is 1. The van der Waals surface area contributed by atoms with Gasteiger partial charge in [-0.2, -0.15) is 0 Å². The van der Waals surface area contributed by atoms with Gasteiger partial charge in [0.05, 0.1) is 13.5 Å². The van der Waals surface area contributed by atoms with E-state index in [4.69, 9.17) is 9.84 Å². The van der Waals surface area contributed by atoms with Gasteiger partial charge in [-0.1, -0.05) is 47.6 Å². The van der Waals surface area contributed by atoms with Crippen molar-refractivity contribution in [2.45, 2.75) is 65.7 Å². The first-order valence-electron chi connectivity index (χ1n) is 8.00. The summed E-state index contributed by atoms with van der Waals surface area (Å²) in [6, 6.07) is 4.25. The molecule has 0 amide bonds. The number of benzene rings is 1. The van der Waals surface area contributed by atoms with E-state index in [0.717, 1.165) is 28.0 Å². The molecule has 1 aromatic rings. The van der Waals surface area contributed by atoms with E-state index in [9.17, 15) is 4.79 Å². The van der Waals surface area contributed by atoms with E-state index in [-0.39, 0.29) is 17.3 Å². The molecule has 0 radical (unpaired) electrons. The number of aliphatic carboxylic acids is 1. The highest BCUT2D eigenvalue weighted by Gasteiger charge is 2.27. The van der Waals surface area contributed by atoms with Gasteiger partial charge in [0.2, 0.25) is 0 Å². The van der Waals surface area contributed by atoms with E-state index in [2.05, 4.69) is 53.7 Å². The second-order valence-electron chi connectivity index (χ2n) is 8.09. The van der Waals surface area contributed by atoms with Crippen molar-refractivity contribution in [3.63, 3.8) is 0 Å². The molecule has 0 aliphatic rings. The Morgan fingerprint density at radius 1 is 1.09 bits per heavy atom. The maximum absolute atomic E-state index is 10.8. The Hall–Kier alpha value is -1.77. The molecular formula is C20H30O3. The van der Waals surface area contributed by atoms with Crippen molar-refractivity contribution in [3.8, 4) is 5.75 Å². The molecule has 0 aliphatic carbocycles. The lowest BCUT2D eigenvalue weighted by molar-refractivity contribution is -0.135. The summed E-state index contributed by atoms with van der Waals surface area (Å²) in [5, 5.41) is 8.89. The second-order valence-corrected chi connectivity index (χ2v) is 8.09. The quantitative estimate of drug-likeness (QED) is 0.833. The lowest BCUT2D eigenvalue weighted by Gasteiger charge is -2.30. The van der Waals surface area contributed by atoms with Crippen LogP contribution in [0.4, 0.5) is 0 Å². The van der Waals surface area contributed by atoms with Crippen LogP contribution in [0.1, 0.15) is 71.6 Å². The molecule has 23 heavy (non-hydrogen) atoms. The molecule has 1 aromatic carbocycles. The van der Waals surface area contributed by atoms with Crippen LogP contribution in [0, 0.1) is 0 Å². The monoisotopic (exact) mass is 318 g/mol. The van der Waals surface area contributed by atoms with Gasteiger partial charge in [0, 0.05) is 11.1 Å². The SMILES string of the molecule is COc1c(C(C)(C)C)cc(/C(C)=C/CC(=O)O)cc1C(C)(C)C. The Morgan fingerprint density at radius 2 is 1.52 bits per heavy atom. The highest BCUT2D eigenvalue weighted by atomic mass is 16.5. The largest absolute Gasteiger partial charge is 0.496 e. The molecule has 0 saturated carbocycles. The average Bonchev–Trinajstić information content (AvgIpc) is 2.41. The van der Waals surface area contributed by atoms with Crippen LogP contribution in [0.25, 0.3) is 5.57 Å². The van der Waals surface area contributed by atoms with E-state index in [1.807, 2.05) is 6.92 Å². The Bertz CT molecular complexity index is 576. The Morgan fingerprint density at radius 3 is 1.83 bits per heavy atom. The summed E-state index contributed by atoms with van der Waals surface area (Å²) in [5.74, 6) is 0.115. The maximum Gasteiger partial charge on any atom is 0.307 e. The molecular weight excluding hydrogens is 288 g/mol. The summed E-state index contributed by atoms with van der Waals surface area (Å²) in [6.07, 6.45) is 1.80. The lowest BCUT2D eigenvalue weighted by atomic mass is 9.77. The van der Waals surface area contributed by atoms with Crippen molar-refractivity contribution in [2.24, 2.45) is 0 Å². The van der Waals surface area contributed by atoms with Crippen LogP contribution in [-0.4, -0.2) is 18.2 Å². The van der Waals surface area contributed by atoms with Crippen molar-refractivity contribution < 1.29 is 14.6 Å². The van der Waals surface area contributed by atoms with Crippen molar-refractivity contribution in [1.29, 1.82) is 0 Å². The normalized spacial score (nSPS) is 13.1. The van der Waals surface area contributed by atoms with Crippen LogP contribution in [0.3, 0.4) is 0 Å². The smallest absolute Gasteiger partial charge is 0.307 e. The maximum atomic E-state index is 10.8. The number of allylic oxidation sites excluding steroid dienone is 1. The van der Waals surface area contributed by atoms with E-state index >= 15 is 0 Å². The zero-order chi connectivity index (χ0) is 18.0. The summed E-state index contributed by atoms with van der Waals surface area (Å²) in [5.41, 5.74) is 4.20. The van der Waals surface area contributed by atoms with Crippen LogP contribution in [0.15, 0.2) is 18.2 Å². The predicted molar refractivity (Wildman–Crippen MR) is 96.3 cm³/mol. The number of rotatable bonds is 4. The number of hydrogen-bond donors (Lipinski definition) is 1. The van der Waals surface area contributed by atoms with Gasteiger partial charge in [-0.15, -0.1) is 0 Å². The minimum absolute atomic E-state index is 0.0353. The number of methoxy groups -OCH3 is 1. The molecule has 0 spiro atoms. The third kappa shape index (κ3) is 4.85. The van der Waals surface area contributed by atoms with E-state index < -0.39 is 5.97 Å². The third-order valence-corrected chi connectivity index (χ3v) is 3.95. The number of carbonyl (C=O) groups is 1. The van der Waals surface area contributed by atoms with Gasteiger partial charge in [-0.3, -0.25) is 4.79 Å². The van der Waals surface area contributed by atoms with Gasteiger partial charge in [0.25, 0.3) is 0 Å². The van der Waals surface area contributed by atoms with Gasteiger partial charge in [0.1, 0.15) is 5.75 Å². The van der Waals surface area contributed by atoms with Crippen LogP contribution < -0.4 is 4.74 Å². The molecule has 3 heteroatoms. The van der Waals surface area contributed by atoms with E-state index in [1.165, 1.54) is 0 Å². The van der Waals surface area contributed by atoms with Crippen LogP contribution in [0.2, 0.25) is 0 Å². The summed E-state index contributed by atoms with van der Waals surface area (Å²) in [4.78, 5) is 10.8. The molecule has 0 unspecified atom stereocenters. The van der Waals surface area contributed by atoms with Crippen LogP contribution in [0.5, 0.6) is 5.75 Å². The van der Waals surface area contributed by atoms with Gasteiger partial charge < -0.3 is 9.84 Å². The summed E-state index contributed by atoms with van der Waals surface area (Å²) in [6.45, 7) is 14.9. The van der Waals surface area contributed by atoms with E-state index in [0.29, 0.717) is 0 Å². The standard InChI is InChI=1S/C20H30O3/c1-13(9-10-17(21)22)14-11-15(19(2,3)4)18(23-8)16(12-14)20(5,6)7/h9,11-12H,10H2,1-8H3,(H,21,22)/b13-9+. The molecule has 1 rings (SSSR count). The predicted octanol–water partition coefficient (Wildman–Crippen LogP) is 5.17. The molecule has 1 N–H and O–H groups in total. The number of ether oxygens (including phenoxy) is 1. The molecule has 0 heterocycles. The minimum atomic E-state index is -0.815. The van der Waals surface area contributed by atoms with Gasteiger partial charge in [-0.05, 0) is 41.0 Å². The minimum Gasteiger partial charge on any atom is -0.496 e. The molecule has 0 atom stereocenters. The fraction of sp³-hybridized carbons (Fsp3) is 0.550. The van der Waals surface area contributed by atoms with Gasteiger partial charge in [-0.25, -0.2) is 0 Å². The fourth-order valence-electron chi connectivity index (χ4n) is 2.55. The van der Waals surface area contributed by atoms with Crippen LogP contribution in [-0.2, 0) is 15.6 Å². The summed E-state index contributed by atoms with van der Waals surface area (Å²) >= 11 is 0. The number of carboxylic acids is 1. The first-order chi connectivity index (χ1) is 10.4. The molecule has 0 bridgehead atoms. The first kappa shape index (κ1) is 19.3. The highest BCUT2D eigenvalue weighted by molar-refractivity contribution is 5.74. The molecule has 0 aromatic heterocycles. The first-order valence-corrected chi connectivity index (χ1v) is 8.00. The third-order valence-electron chi connectivity index (χ3n) is 3.95. The molecule has 0 fully saturated rings. The Balaban J connectivity index is 3.63. The zero-order valence-corrected chi connectivity index (χ0v) is 15.7. The summed E-state index contributed by atoms with van der Waals surface area (Å²) < 4.78 is 5.75. The Kier molecular flexibility index (Phi) is 5.68.